The second kappa shape index (κ2) is 30.3. The number of piperidine rings is 4. The van der Waals surface area contributed by atoms with Crippen LogP contribution in [0.25, 0.3) is 0 Å². The first-order valence-corrected chi connectivity index (χ1v) is 18.5. The van der Waals surface area contributed by atoms with Crippen LogP contribution in [0.15, 0.2) is 0 Å². The third-order valence-corrected chi connectivity index (χ3v) is 10.1. The van der Waals surface area contributed by atoms with E-state index in [1.165, 1.54) is 19.5 Å². The molecule has 4 fully saturated rings. The fraction of sp³-hybridized carbons (Fsp3) is 1.00. The summed E-state index contributed by atoms with van der Waals surface area (Å²) in [7, 11) is 8.64. The summed E-state index contributed by atoms with van der Waals surface area (Å²) in [5.74, 6) is 5.52. The van der Waals surface area contributed by atoms with Crippen molar-refractivity contribution >= 4 is 0 Å². The van der Waals surface area contributed by atoms with Crippen molar-refractivity contribution in [3.63, 3.8) is 0 Å². The van der Waals surface area contributed by atoms with E-state index in [4.69, 9.17) is 30.6 Å². The van der Waals surface area contributed by atoms with Gasteiger partial charge < -0.3 is 34.9 Å². The number of aliphatic hydroxyl groups excluding tert-OH is 3. The summed E-state index contributed by atoms with van der Waals surface area (Å²) in [6.45, 7) is 21.9. The zero-order valence-corrected chi connectivity index (χ0v) is 33.6. The molecule has 0 unspecified atom stereocenters. The molecule has 0 spiro atoms. The second-order valence-corrected chi connectivity index (χ2v) is 14.8. The molecule has 11 nitrogen and oxygen atoms in total. The molecule has 0 aromatic carbocycles. The molecule has 4 heterocycles. The molecule has 14 heteroatoms. The summed E-state index contributed by atoms with van der Waals surface area (Å²) in [4.78, 5) is 9.41. The van der Waals surface area contributed by atoms with Crippen LogP contribution in [0.1, 0.15) is 61.7 Å². The van der Waals surface area contributed by atoms with Gasteiger partial charge in [0.2, 0.25) is 0 Å². The quantitative estimate of drug-likeness (QED) is 0.364. The molecule has 4 saturated heterocycles. The Labute approximate surface area is 305 Å². The van der Waals surface area contributed by atoms with E-state index in [0.29, 0.717) is 55.3 Å². The molecule has 0 aromatic rings. The van der Waals surface area contributed by atoms with Gasteiger partial charge in [0.15, 0.2) is 0 Å². The first kappa shape index (κ1) is 50.9. The van der Waals surface area contributed by atoms with E-state index in [2.05, 4.69) is 98.4 Å². The average Bonchev–Trinajstić information content (AvgIpc) is 2.97. The van der Waals surface area contributed by atoms with E-state index in [-0.39, 0.29) is 18.8 Å². The molecule has 3 N–H and O–H groups in total. The molecule has 0 amide bonds. The average molecular weight is 790 g/mol. The maximum absolute atomic E-state index is 8.93. The Morgan fingerprint density at radius 1 is 0.522 bits per heavy atom. The fourth-order valence-corrected chi connectivity index (χ4v) is 6.49. The van der Waals surface area contributed by atoms with Crippen molar-refractivity contribution in [1.29, 1.82) is 0 Å². The van der Waals surface area contributed by atoms with Gasteiger partial charge in [-0.3, -0.25) is 0 Å². The number of rotatable bonds is 3. The number of likely N-dealkylation sites (tertiary alicyclic amines) is 4. The minimum atomic E-state index is -3.79. The van der Waals surface area contributed by atoms with E-state index < -0.39 is 14.0 Å². The van der Waals surface area contributed by atoms with Crippen molar-refractivity contribution < 1.29 is 79.2 Å². The van der Waals surface area contributed by atoms with Crippen LogP contribution in [0.2, 0.25) is 0 Å². The Hall–Kier alpha value is 0.504. The molecule has 0 radical (unpaired) electrons. The molecule has 0 bridgehead atoms. The number of hydrogen-bond donors (Lipinski definition) is 3. The second-order valence-electron chi connectivity index (χ2n) is 14.1. The molecule has 8 atom stereocenters. The van der Waals surface area contributed by atoms with Gasteiger partial charge >= 0.3 is 45.1 Å². The van der Waals surface area contributed by atoms with Gasteiger partial charge in [0.05, 0.1) is 0 Å². The summed E-state index contributed by atoms with van der Waals surface area (Å²) in [6.07, 6.45) is 4.87. The van der Waals surface area contributed by atoms with Gasteiger partial charge in [-0.2, -0.15) is 0 Å². The molecular formula is C32H70Cr2CuN4O7. The van der Waals surface area contributed by atoms with Crippen molar-refractivity contribution in [2.24, 2.45) is 47.3 Å². The van der Waals surface area contributed by atoms with E-state index >= 15 is 0 Å². The Morgan fingerprint density at radius 2 is 0.739 bits per heavy atom. The van der Waals surface area contributed by atoms with Crippen LogP contribution in [0.3, 0.4) is 0 Å². The maximum atomic E-state index is 8.93. The summed E-state index contributed by atoms with van der Waals surface area (Å²) < 4.78 is 33.4. The molecule has 4 aliphatic rings. The zero-order valence-electron chi connectivity index (χ0n) is 30.1. The number of hydrogen-bond acceptors (Lipinski definition) is 11. The van der Waals surface area contributed by atoms with Crippen molar-refractivity contribution in [3.05, 3.63) is 0 Å². The van der Waals surface area contributed by atoms with Crippen LogP contribution in [0.5, 0.6) is 0 Å². The third-order valence-electron chi connectivity index (χ3n) is 10.1. The normalized spacial score (nSPS) is 32.0. The molecule has 0 saturated carbocycles. The zero-order chi connectivity index (χ0) is 35.1. The predicted molar refractivity (Wildman–Crippen MR) is 171 cm³/mol. The molecule has 46 heavy (non-hydrogen) atoms. The first-order valence-electron chi connectivity index (χ1n) is 16.6. The Balaban J connectivity index is -0.000000245. The van der Waals surface area contributed by atoms with E-state index in [0.717, 1.165) is 70.4 Å². The van der Waals surface area contributed by atoms with Crippen molar-refractivity contribution in [2.75, 3.05) is 100 Å². The SMILES string of the molecule is C[C@@H]1CN(C)CC[C@@H]1C.C[C@@H]1CN(C)CC[C@@H]1CO.C[C@@H]1CN(C)CC[C@@H]1CO.C[C@@H]1CN(C)CC[C@@H]1CO.[Cr].[HH].[O]=[Cr](=[O])=[O].[O]=[Cu]. The minimum absolute atomic E-state index is 0. The standard InChI is InChI=1S/3C8H17NO.C8H17N.2Cr.Cu.4O.H2/c3*1-7-5-9(2)4-3-8(7)6-10;1-7-4-5-9(3)6-8(7)2;;;;;;;;/h3*7-8,10H,3-6H2,1-2H3;7-8H,4-6H2,1-3H3;;;;;;;;1H/t3*7-,8-;7-,8+;;;;;;;;/m1110......../s1. The van der Waals surface area contributed by atoms with Gasteiger partial charge in [0, 0.05) is 64.8 Å². The third kappa shape index (κ3) is 24.6. The van der Waals surface area contributed by atoms with Crippen LogP contribution in [-0.2, 0) is 62.5 Å². The van der Waals surface area contributed by atoms with E-state index in [1.807, 2.05) is 0 Å². The van der Waals surface area contributed by atoms with Crippen LogP contribution in [0, 0.1) is 47.3 Å². The molecule has 0 aliphatic carbocycles. The van der Waals surface area contributed by atoms with Gasteiger partial charge in [0.25, 0.3) is 0 Å². The topological polar surface area (TPSA) is 142 Å². The van der Waals surface area contributed by atoms with Crippen molar-refractivity contribution in [1.82, 2.24) is 19.6 Å². The molecule has 0 aromatic heterocycles. The van der Waals surface area contributed by atoms with Crippen LogP contribution in [-0.4, -0.2) is 135 Å². The molecule has 283 valence electrons. The summed E-state index contributed by atoms with van der Waals surface area (Å²) >= 11 is -0.854. The Morgan fingerprint density at radius 3 is 0.913 bits per heavy atom. The predicted octanol–water partition coefficient (Wildman–Crippen LogP) is 3.06. The summed E-state index contributed by atoms with van der Waals surface area (Å²) in [5, 5.41) is 26.8. The Bertz CT molecular complexity index is 775. The first-order chi connectivity index (χ1) is 21.1. The van der Waals surface area contributed by atoms with Gasteiger partial charge in [-0.1, -0.05) is 34.6 Å². The van der Waals surface area contributed by atoms with Crippen LogP contribution in [0.4, 0.5) is 0 Å². The molecular weight excluding hydrogens is 720 g/mol. The molecule has 4 rings (SSSR count). The van der Waals surface area contributed by atoms with Crippen LogP contribution >= 0.6 is 0 Å². The van der Waals surface area contributed by atoms with Gasteiger partial charge in [-0.25, -0.2) is 0 Å². The fourth-order valence-electron chi connectivity index (χ4n) is 6.49. The molecule has 4 aliphatic heterocycles. The van der Waals surface area contributed by atoms with Crippen molar-refractivity contribution in [3.8, 4) is 0 Å². The van der Waals surface area contributed by atoms with Crippen LogP contribution < -0.4 is 0 Å². The Kier molecular flexibility index (Phi) is 33.6. The van der Waals surface area contributed by atoms with Gasteiger partial charge in [-0.05, 0) is 127 Å². The van der Waals surface area contributed by atoms with E-state index in [1.54, 1.807) is 0 Å². The van der Waals surface area contributed by atoms with Gasteiger partial charge in [0.1, 0.15) is 0 Å². The summed E-state index contributed by atoms with van der Waals surface area (Å²) in [6, 6.07) is 0. The van der Waals surface area contributed by atoms with Crippen molar-refractivity contribution in [2.45, 2.75) is 60.3 Å². The van der Waals surface area contributed by atoms with E-state index in [9.17, 15) is 0 Å². The number of aliphatic hydroxyl groups is 3. The number of nitrogens with zero attached hydrogens (tertiary/aromatic N) is 4. The monoisotopic (exact) mass is 789 g/mol. The van der Waals surface area contributed by atoms with Gasteiger partial charge in [-0.15, -0.1) is 0 Å². The summed E-state index contributed by atoms with van der Waals surface area (Å²) in [5.41, 5.74) is 0.